The number of unbranched alkanes of at least 4 members (excludes halogenated alkanes) is 1. The van der Waals surface area contributed by atoms with Crippen molar-refractivity contribution in [2.24, 2.45) is 5.11 Å². The van der Waals surface area contributed by atoms with Crippen LogP contribution in [-0.4, -0.2) is 24.4 Å². The summed E-state index contributed by atoms with van der Waals surface area (Å²) in [5.41, 5.74) is 8.49. The largest absolute Gasteiger partial charge is 0.461 e. The predicted octanol–water partition coefficient (Wildman–Crippen LogP) is 3.88. The summed E-state index contributed by atoms with van der Waals surface area (Å²) in [6, 6.07) is -0.465. The molecular formula is C15H23N3O3. The minimum absolute atomic E-state index is 0.0303. The highest BCUT2D eigenvalue weighted by Crippen LogP contribution is 2.12. The van der Waals surface area contributed by atoms with Crippen molar-refractivity contribution in [1.82, 2.24) is 0 Å². The molecular weight excluding hydrogens is 270 g/mol. The van der Waals surface area contributed by atoms with Gasteiger partial charge in [0, 0.05) is 23.8 Å². The van der Waals surface area contributed by atoms with E-state index in [1.807, 2.05) is 0 Å². The van der Waals surface area contributed by atoms with Gasteiger partial charge in [-0.05, 0) is 31.2 Å². The predicted molar refractivity (Wildman–Crippen MR) is 81.6 cm³/mol. The van der Waals surface area contributed by atoms with Gasteiger partial charge in [-0.3, -0.25) is 9.59 Å². The maximum absolute atomic E-state index is 11.6. The second-order valence-corrected chi connectivity index (χ2v) is 4.65. The molecule has 6 nitrogen and oxygen atoms in total. The quantitative estimate of drug-likeness (QED) is 0.129. The van der Waals surface area contributed by atoms with Crippen molar-refractivity contribution in [3.63, 3.8) is 0 Å². The van der Waals surface area contributed by atoms with Gasteiger partial charge in [0.15, 0.2) is 0 Å². The van der Waals surface area contributed by atoms with Crippen LogP contribution in [0.15, 0.2) is 30.4 Å². The maximum Gasteiger partial charge on any atom is 0.306 e. The van der Waals surface area contributed by atoms with Crippen LogP contribution in [0, 0.1) is 0 Å². The van der Waals surface area contributed by atoms with Gasteiger partial charge in [0.2, 0.25) is 0 Å². The summed E-state index contributed by atoms with van der Waals surface area (Å²) in [5, 5.41) is 3.57. The average Bonchev–Trinajstić information content (AvgIpc) is 2.45. The first-order chi connectivity index (χ1) is 10.1. The van der Waals surface area contributed by atoms with Crippen LogP contribution >= 0.6 is 0 Å². The number of azide groups is 1. The Balaban J connectivity index is 4.01. The molecule has 0 aromatic carbocycles. The molecule has 1 atom stereocenters. The van der Waals surface area contributed by atoms with Crippen LogP contribution in [-0.2, 0) is 14.3 Å². The number of hydrogen-bond donors (Lipinski definition) is 0. The maximum atomic E-state index is 11.6. The van der Waals surface area contributed by atoms with E-state index in [0.717, 1.165) is 12.8 Å². The zero-order valence-corrected chi connectivity index (χ0v) is 12.4. The van der Waals surface area contributed by atoms with E-state index >= 15 is 0 Å². The number of hydrogen-bond acceptors (Lipinski definition) is 4. The van der Waals surface area contributed by atoms with E-state index in [1.54, 1.807) is 6.08 Å². The van der Waals surface area contributed by atoms with Gasteiger partial charge in [0.05, 0.1) is 6.42 Å². The first-order valence-corrected chi connectivity index (χ1v) is 7.07. The first-order valence-electron chi connectivity index (χ1n) is 7.07. The van der Waals surface area contributed by atoms with E-state index in [4.69, 9.17) is 10.3 Å². The number of Topliss-reactive ketones (excluding diaryl/α,β-unsaturated/α-hetero) is 1. The lowest BCUT2D eigenvalue weighted by atomic mass is 10.0. The van der Waals surface area contributed by atoms with Crippen LogP contribution < -0.4 is 0 Å². The Morgan fingerprint density at radius 1 is 1.24 bits per heavy atom. The van der Waals surface area contributed by atoms with Crippen molar-refractivity contribution in [3.8, 4) is 0 Å². The third-order valence-electron chi connectivity index (χ3n) is 2.84. The van der Waals surface area contributed by atoms with Crippen molar-refractivity contribution >= 4 is 11.8 Å². The highest BCUT2D eigenvalue weighted by Gasteiger charge is 2.14. The van der Waals surface area contributed by atoms with Gasteiger partial charge in [-0.1, -0.05) is 23.8 Å². The lowest BCUT2D eigenvalue weighted by molar-refractivity contribution is -0.142. The number of allylic oxidation sites excluding steroid dienone is 1. The molecule has 21 heavy (non-hydrogen) atoms. The average molecular weight is 293 g/mol. The fraction of sp³-hybridized carbons (Fsp3) is 0.600. The second-order valence-electron chi connectivity index (χ2n) is 4.65. The van der Waals surface area contributed by atoms with Gasteiger partial charge in [-0.2, -0.15) is 0 Å². The highest BCUT2D eigenvalue weighted by atomic mass is 16.5. The molecule has 0 bridgehead atoms. The molecule has 0 saturated heterocycles. The lowest BCUT2D eigenvalue weighted by Crippen LogP contribution is -2.14. The summed E-state index contributed by atoms with van der Waals surface area (Å²) in [7, 11) is 0. The molecule has 0 aromatic heterocycles. The number of carbonyl (C=O) groups excluding carboxylic acids is 2. The third-order valence-corrected chi connectivity index (χ3v) is 2.84. The topological polar surface area (TPSA) is 92.1 Å². The Morgan fingerprint density at radius 2 is 1.95 bits per heavy atom. The molecule has 0 amide bonds. The monoisotopic (exact) mass is 293 g/mol. The fourth-order valence-electron chi connectivity index (χ4n) is 1.78. The van der Waals surface area contributed by atoms with Crippen LogP contribution in [0.2, 0.25) is 0 Å². The van der Waals surface area contributed by atoms with Gasteiger partial charge in [-0.25, -0.2) is 0 Å². The number of ketones is 1. The fourth-order valence-corrected chi connectivity index (χ4v) is 1.78. The van der Waals surface area contributed by atoms with E-state index in [1.165, 1.54) is 6.08 Å². The number of nitrogens with zero attached hydrogens (tertiary/aromatic N) is 3. The number of esters is 1. The third kappa shape index (κ3) is 11.5. The van der Waals surface area contributed by atoms with Gasteiger partial charge >= 0.3 is 5.97 Å². The summed E-state index contributed by atoms with van der Waals surface area (Å²) in [6.45, 7) is 7.19. The molecule has 0 saturated carbocycles. The Kier molecular flexibility index (Phi) is 11.7. The van der Waals surface area contributed by atoms with Crippen LogP contribution in [0.3, 0.4) is 0 Å². The van der Waals surface area contributed by atoms with Crippen molar-refractivity contribution in [3.05, 3.63) is 35.8 Å². The van der Waals surface area contributed by atoms with Crippen molar-refractivity contribution < 1.29 is 14.3 Å². The number of carbonyl (C=O) groups is 2. The van der Waals surface area contributed by atoms with Gasteiger partial charge in [0.25, 0.3) is 0 Å². The molecule has 0 aliphatic heterocycles. The van der Waals surface area contributed by atoms with Crippen molar-refractivity contribution in [1.29, 1.82) is 0 Å². The summed E-state index contributed by atoms with van der Waals surface area (Å²) in [4.78, 5) is 25.7. The Bertz CT molecular complexity index is 401. The normalized spacial score (nSPS) is 11.0. The van der Waals surface area contributed by atoms with Crippen molar-refractivity contribution in [2.45, 2.75) is 51.0 Å². The van der Waals surface area contributed by atoms with E-state index < -0.39 is 12.0 Å². The standard InChI is InChI=1S/C15H23N3O3/c1-3-5-6-9-14(19)10-7-8-13(17-18-16)12-15(20)21-11-4-2/h3-4,13H,1-2,5-12H2. The minimum atomic E-state index is -0.465. The smallest absolute Gasteiger partial charge is 0.306 e. The summed E-state index contributed by atoms with van der Waals surface area (Å²) >= 11 is 0. The summed E-state index contributed by atoms with van der Waals surface area (Å²) < 4.78 is 4.84. The van der Waals surface area contributed by atoms with Crippen LogP contribution in [0.4, 0.5) is 0 Å². The number of ether oxygens (including phenoxy) is 1. The van der Waals surface area contributed by atoms with E-state index in [2.05, 4.69) is 23.2 Å². The molecule has 0 spiro atoms. The van der Waals surface area contributed by atoms with Crippen LogP contribution in [0.1, 0.15) is 44.9 Å². The molecule has 0 aliphatic carbocycles. The molecule has 0 aliphatic rings. The summed E-state index contributed by atoms with van der Waals surface area (Å²) in [5.74, 6) is -0.240. The van der Waals surface area contributed by atoms with Crippen LogP contribution in [0.5, 0.6) is 0 Å². The van der Waals surface area contributed by atoms with E-state index in [-0.39, 0.29) is 18.8 Å². The van der Waals surface area contributed by atoms with E-state index in [0.29, 0.717) is 25.7 Å². The zero-order valence-electron chi connectivity index (χ0n) is 12.4. The Labute approximate surface area is 125 Å². The molecule has 6 heteroatoms. The zero-order chi connectivity index (χ0) is 15.9. The lowest BCUT2D eigenvalue weighted by Gasteiger charge is -2.09. The molecule has 0 radical (unpaired) electrons. The Morgan fingerprint density at radius 3 is 2.57 bits per heavy atom. The molecule has 0 fully saturated rings. The molecule has 0 heterocycles. The minimum Gasteiger partial charge on any atom is -0.461 e. The SMILES string of the molecule is C=CCCCC(=O)CCCC(CC(=O)OCC=C)N=[N+]=[N-]. The molecule has 0 N–H and O–H groups in total. The van der Waals surface area contributed by atoms with Gasteiger partial charge < -0.3 is 4.74 Å². The molecule has 116 valence electrons. The second kappa shape index (κ2) is 12.9. The van der Waals surface area contributed by atoms with Crippen molar-refractivity contribution in [2.75, 3.05) is 6.61 Å². The van der Waals surface area contributed by atoms with Gasteiger partial charge in [0.1, 0.15) is 12.4 Å². The highest BCUT2D eigenvalue weighted by molar-refractivity contribution is 5.78. The molecule has 1 unspecified atom stereocenters. The number of rotatable bonds is 13. The van der Waals surface area contributed by atoms with Gasteiger partial charge in [-0.15, -0.1) is 6.58 Å². The molecule has 0 aromatic rings. The first kappa shape index (κ1) is 18.9. The molecule has 0 rings (SSSR count). The van der Waals surface area contributed by atoms with E-state index in [9.17, 15) is 9.59 Å². The van der Waals surface area contributed by atoms with Crippen LogP contribution in [0.25, 0.3) is 10.4 Å². The Hall–Kier alpha value is -2.07. The summed E-state index contributed by atoms with van der Waals surface area (Å²) in [6.07, 6.45) is 7.03.